The van der Waals surface area contributed by atoms with Gasteiger partial charge in [0.05, 0.1) is 33.9 Å². The van der Waals surface area contributed by atoms with Crippen molar-refractivity contribution in [2.45, 2.75) is 6.92 Å². The Labute approximate surface area is 201 Å². The molecular weight excluding hydrogens is 446 g/mol. The summed E-state index contributed by atoms with van der Waals surface area (Å²) in [4.78, 5) is 7.81. The Balaban J connectivity index is 1.65. The van der Waals surface area contributed by atoms with Crippen LogP contribution in [0.25, 0.3) is 39.6 Å². The third-order valence-corrected chi connectivity index (χ3v) is 5.63. The summed E-state index contributed by atoms with van der Waals surface area (Å²) >= 11 is 6.47. The topological polar surface area (TPSA) is 79.5 Å². The molecule has 166 valence electrons. The predicted octanol–water partition coefficient (Wildman–Crippen LogP) is 6.53. The molecule has 5 aromatic rings. The Bertz CT molecular complexity index is 1510. The first-order chi connectivity index (χ1) is 16.7. The summed E-state index contributed by atoms with van der Waals surface area (Å²) < 4.78 is 7.37. The molecule has 0 radical (unpaired) electrons. The van der Waals surface area contributed by atoms with Crippen LogP contribution in [0.15, 0.2) is 79.0 Å². The number of ether oxygens (including phenoxy) is 1. The summed E-state index contributed by atoms with van der Waals surface area (Å²) in [7, 11) is 0. The number of aromatic amines is 1. The maximum Gasteiger partial charge on any atom is 0.149 e. The summed E-state index contributed by atoms with van der Waals surface area (Å²) in [5.74, 6) is 1.12. The van der Waals surface area contributed by atoms with Crippen molar-refractivity contribution in [3.8, 4) is 28.8 Å². The molecule has 2 aromatic heterocycles. The van der Waals surface area contributed by atoms with Crippen molar-refractivity contribution in [1.29, 1.82) is 5.26 Å². The third-order valence-electron chi connectivity index (χ3n) is 5.33. The lowest BCUT2D eigenvalue weighted by Gasteiger charge is -2.07. The van der Waals surface area contributed by atoms with E-state index < -0.39 is 0 Å². The highest BCUT2D eigenvalue weighted by molar-refractivity contribution is 6.32. The Morgan fingerprint density at radius 2 is 1.91 bits per heavy atom. The van der Waals surface area contributed by atoms with Gasteiger partial charge in [-0.2, -0.15) is 10.4 Å². The number of nitrogens with zero attached hydrogens (tertiary/aromatic N) is 4. The van der Waals surface area contributed by atoms with E-state index in [2.05, 4.69) is 16.0 Å². The number of hydrogen-bond donors (Lipinski definition) is 1. The summed E-state index contributed by atoms with van der Waals surface area (Å²) in [5.41, 5.74) is 5.26. The first-order valence-electron chi connectivity index (χ1n) is 10.8. The molecule has 0 atom stereocenters. The quantitative estimate of drug-likeness (QED) is 0.289. The van der Waals surface area contributed by atoms with Crippen LogP contribution in [0.3, 0.4) is 0 Å². The lowest BCUT2D eigenvalue weighted by atomic mass is 10.1. The average Bonchev–Trinajstić information content (AvgIpc) is 3.49. The Morgan fingerprint density at radius 3 is 2.65 bits per heavy atom. The normalized spacial score (nSPS) is 11.5. The number of benzene rings is 3. The van der Waals surface area contributed by atoms with Crippen LogP contribution in [0.1, 0.15) is 18.3 Å². The summed E-state index contributed by atoms with van der Waals surface area (Å²) in [6, 6.07) is 25.3. The molecule has 0 saturated heterocycles. The molecule has 7 heteroatoms. The fraction of sp³-hybridized carbons (Fsp3) is 0.0741. The highest BCUT2D eigenvalue weighted by Crippen LogP contribution is 2.33. The van der Waals surface area contributed by atoms with Gasteiger partial charge in [-0.05, 0) is 55.5 Å². The SMILES string of the molecule is CCOc1ccc(-c2nn(-c3ccccc3)cc2/C=C(/C#N)c2nc3ccccc3[nH]2)cc1Cl. The Kier molecular flexibility index (Phi) is 5.86. The second-order valence-electron chi connectivity index (χ2n) is 7.56. The minimum atomic E-state index is 0.405. The van der Waals surface area contributed by atoms with E-state index in [1.807, 2.05) is 85.9 Å². The van der Waals surface area contributed by atoms with Crippen LogP contribution >= 0.6 is 11.6 Å². The molecule has 0 fully saturated rings. The number of hydrogen-bond acceptors (Lipinski definition) is 4. The van der Waals surface area contributed by atoms with Gasteiger partial charge in [0, 0.05) is 17.3 Å². The zero-order valence-corrected chi connectivity index (χ0v) is 19.1. The van der Waals surface area contributed by atoms with Crippen molar-refractivity contribution in [2.24, 2.45) is 0 Å². The molecule has 0 bridgehead atoms. The molecule has 0 amide bonds. The Morgan fingerprint density at radius 1 is 1.12 bits per heavy atom. The van der Waals surface area contributed by atoms with Crippen LogP contribution in [0, 0.1) is 11.3 Å². The van der Waals surface area contributed by atoms with Crippen molar-refractivity contribution in [1.82, 2.24) is 19.7 Å². The molecule has 5 rings (SSSR count). The van der Waals surface area contributed by atoms with Crippen LogP contribution in [-0.2, 0) is 0 Å². The largest absolute Gasteiger partial charge is 0.492 e. The van der Waals surface area contributed by atoms with Crippen molar-refractivity contribution >= 4 is 34.3 Å². The van der Waals surface area contributed by atoms with E-state index in [0.29, 0.717) is 34.5 Å². The monoisotopic (exact) mass is 465 g/mol. The smallest absolute Gasteiger partial charge is 0.149 e. The molecule has 6 nitrogen and oxygen atoms in total. The van der Waals surface area contributed by atoms with E-state index in [0.717, 1.165) is 27.8 Å². The molecular formula is C27H20ClN5O. The van der Waals surface area contributed by atoms with Gasteiger partial charge < -0.3 is 9.72 Å². The lowest BCUT2D eigenvalue weighted by molar-refractivity contribution is 0.340. The van der Waals surface area contributed by atoms with E-state index in [-0.39, 0.29) is 0 Å². The molecule has 0 spiro atoms. The van der Waals surface area contributed by atoms with Crippen molar-refractivity contribution in [3.63, 3.8) is 0 Å². The standard InChI is InChI=1S/C27H20ClN5O/c1-2-34-25-13-12-18(15-22(25)28)26-20(17-33(32-26)21-8-4-3-5-9-21)14-19(16-29)27-30-23-10-6-7-11-24(23)31-27/h3-15,17H,2H2,1H3,(H,30,31)/b19-14-. The lowest BCUT2D eigenvalue weighted by Crippen LogP contribution is -1.95. The maximum atomic E-state index is 9.95. The first kappa shape index (κ1) is 21.5. The molecule has 34 heavy (non-hydrogen) atoms. The highest BCUT2D eigenvalue weighted by atomic mass is 35.5. The van der Waals surface area contributed by atoms with Gasteiger partial charge in [0.2, 0.25) is 0 Å². The van der Waals surface area contributed by atoms with E-state index in [1.54, 1.807) is 10.8 Å². The number of fused-ring (bicyclic) bond motifs is 1. The first-order valence-corrected chi connectivity index (χ1v) is 11.2. The molecule has 3 aromatic carbocycles. The minimum Gasteiger partial charge on any atom is -0.492 e. The van der Waals surface area contributed by atoms with Crippen molar-refractivity contribution in [2.75, 3.05) is 6.61 Å². The summed E-state index contributed by atoms with van der Waals surface area (Å²) in [6.45, 7) is 2.44. The number of H-pyrrole nitrogens is 1. The second kappa shape index (κ2) is 9.26. The average molecular weight is 466 g/mol. The van der Waals surface area contributed by atoms with Crippen LogP contribution in [0.5, 0.6) is 5.75 Å². The maximum absolute atomic E-state index is 9.95. The van der Waals surface area contributed by atoms with Gasteiger partial charge in [0.1, 0.15) is 23.3 Å². The number of allylic oxidation sites excluding steroid dienone is 1. The van der Waals surface area contributed by atoms with E-state index in [9.17, 15) is 5.26 Å². The predicted molar refractivity (Wildman–Crippen MR) is 135 cm³/mol. The van der Waals surface area contributed by atoms with E-state index in [1.165, 1.54) is 0 Å². The van der Waals surface area contributed by atoms with Crippen molar-refractivity contribution < 1.29 is 4.74 Å². The molecule has 0 aliphatic carbocycles. The molecule has 0 unspecified atom stereocenters. The molecule has 0 aliphatic rings. The third kappa shape index (κ3) is 4.17. The zero-order valence-electron chi connectivity index (χ0n) is 18.4. The molecule has 1 N–H and O–H groups in total. The molecule has 0 aliphatic heterocycles. The molecule has 0 saturated carbocycles. The number of nitriles is 1. The van der Waals surface area contributed by atoms with Gasteiger partial charge in [-0.25, -0.2) is 9.67 Å². The number of aromatic nitrogens is 4. The number of rotatable bonds is 6. The molecule has 2 heterocycles. The zero-order chi connectivity index (χ0) is 23.5. The van der Waals surface area contributed by atoms with Gasteiger partial charge in [0.25, 0.3) is 0 Å². The number of halogens is 1. The van der Waals surface area contributed by atoms with E-state index in [4.69, 9.17) is 21.4 Å². The van der Waals surface area contributed by atoms with Crippen LogP contribution in [0.4, 0.5) is 0 Å². The highest BCUT2D eigenvalue weighted by Gasteiger charge is 2.16. The minimum absolute atomic E-state index is 0.405. The fourth-order valence-corrected chi connectivity index (χ4v) is 3.98. The Hall–Kier alpha value is -4.34. The van der Waals surface area contributed by atoms with Crippen LogP contribution in [0.2, 0.25) is 5.02 Å². The van der Waals surface area contributed by atoms with Crippen molar-refractivity contribution in [3.05, 3.63) is 95.4 Å². The van der Waals surface area contributed by atoms with Gasteiger partial charge in [-0.3, -0.25) is 0 Å². The fourth-order valence-electron chi connectivity index (χ4n) is 3.74. The van der Waals surface area contributed by atoms with Crippen LogP contribution in [-0.4, -0.2) is 26.4 Å². The number of imidazole rings is 1. The van der Waals surface area contributed by atoms with Gasteiger partial charge in [-0.15, -0.1) is 0 Å². The summed E-state index contributed by atoms with van der Waals surface area (Å²) in [5, 5.41) is 15.3. The van der Waals surface area contributed by atoms with Gasteiger partial charge in [-0.1, -0.05) is 41.9 Å². The van der Waals surface area contributed by atoms with Crippen LogP contribution < -0.4 is 4.74 Å². The number of para-hydroxylation sites is 3. The van der Waals surface area contributed by atoms with Gasteiger partial charge >= 0.3 is 0 Å². The summed E-state index contributed by atoms with van der Waals surface area (Å²) in [6.07, 6.45) is 3.69. The van der Waals surface area contributed by atoms with Gasteiger partial charge in [0.15, 0.2) is 0 Å². The second-order valence-corrected chi connectivity index (χ2v) is 7.97. The number of nitrogens with one attached hydrogen (secondary N) is 1. The van der Waals surface area contributed by atoms with E-state index >= 15 is 0 Å².